The van der Waals surface area contributed by atoms with Crippen LogP contribution in [-0.4, -0.2) is 26.6 Å². The lowest BCUT2D eigenvalue weighted by Gasteiger charge is -2.08. The molecule has 0 aliphatic carbocycles. The van der Waals surface area contributed by atoms with Gasteiger partial charge in [-0.15, -0.1) is 0 Å². The second kappa shape index (κ2) is 4.37. The number of nitrogens with zero attached hydrogens (tertiary/aromatic N) is 4. The van der Waals surface area contributed by atoms with Crippen LogP contribution in [0.25, 0.3) is 16.7 Å². The molecule has 1 aromatic carbocycles. The lowest BCUT2D eigenvalue weighted by Crippen LogP contribution is -2.27. The molecular weight excluding hydrogens is 258 g/mol. The van der Waals surface area contributed by atoms with E-state index in [-0.39, 0.29) is 5.56 Å². The van der Waals surface area contributed by atoms with Crippen LogP contribution >= 0.6 is 0 Å². The molecule has 0 amide bonds. The molecule has 2 heterocycles. The third-order valence-electron chi connectivity index (χ3n) is 3.15. The van der Waals surface area contributed by atoms with Crippen molar-refractivity contribution in [3.8, 4) is 11.4 Å². The molecule has 7 nitrogen and oxygen atoms in total. The SMILES string of the molecule is COc1ccc(-n2ncc3c(=O)n(N)cnc32)c(C)c1. The van der Waals surface area contributed by atoms with Crippen LogP contribution in [0.1, 0.15) is 5.56 Å². The fraction of sp³-hybridized carbons (Fsp3) is 0.154. The highest BCUT2D eigenvalue weighted by molar-refractivity contribution is 5.75. The average Bonchev–Trinajstić information content (AvgIpc) is 2.87. The van der Waals surface area contributed by atoms with E-state index >= 15 is 0 Å². The van der Waals surface area contributed by atoms with Crippen molar-refractivity contribution >= 4 is 11.0 Å². The lowest BCUT2D eigenvalue weighted by molar-refractivity contribution is 0.414. The molecule has 3 rings (SSSR count). The summed E-state index contributed by atoms with van der Waals surface area (Å²) in [6, 6.07) is 5.60. The summed E-state index contributed by atoms with van der Waals surface area (Å²) in [5.41, 5.74) is 1.95. The molecule has 2 aromatic heterocycles. The Balaban J connectivity index is 2.25. The third kappa shape index (κ3) is 1.71. The van der Waals surface area contributed by atoms with E-state index in [1.807, 2.05) is 25.1 Å². The second-order valence-electron chi connectivity index (χ2n) is 4.40. The summed E-state index contributed by atoms with van der Waals surface area (Å²) < 4.78 is 7.73. The minimum absolute atomic E-state index is 0.326. The standard InChI is InChI=1S/C13H13N5O2/c1-8-5-9(20-2)3-4-11(8)18-12-10(6-16-18)13(19)17(14)7-15-12/h3-7H,14H2,1-2H3. The summed E-state index contributed by atoms with van der Waals surface area (Å²) in [5, 5.41) is 4.61. The van der Waals surface area contributed by atoms with Crippen molar-refractivity contribution in [1.82, 2.24) is 19.4 Å². The number of hydrogen-bond acceptors (Lipinski definition) is 5. The molecule has 0 atom stereocenters. The van der Waals surface area contributed by atoms with Crippen molar-refractivity contribution in [2.24, 2.45) is 0 Å². The van der Waals surface area contributed by atoms with Gasteiger partial charge in [-0.2, -0.15) is 5.10 Å². The van der Waals surface area contributed by atoms with E-state index in [1.54, 1.807) is 11.8 Å². The van der Waals surface area contributed by atoms with Crippen LogP contribution in [0.15, 0.2) is 35.5 Å². The quantitative estimate of drug-likeness (QED) is 0.690. The monoisotopic (exact) mass is 271 g/mol. The molecule has 0 aliphatic rings. The summed E-state index contributed by atoms with van der Waals surface area (Å²) in [6.07, 6.45) is 2.75. The fourth-order valence-electron chi connectivity index (χ4n) is 2.09. The Kier molecular flexibility index (Phi) is 2.67. The Hall–Kier alpha value is -2.83. The smallest absolute Gasteiger partial charge is 0.282 e. The zero-order valence-corrected chi connectivity index (χ0v) is 11.1. The first-order chi connectivity index (χ1) is 9.61. The number of ether oxygens (including phenoxy) is 1. The Labute approximate surface area is 114 Å². The number of fused-ring (bicyclic) bond motifs is 1. The van der Waals surface area contributed by atoms with Gasteiger partial charge in [0.15, 0.2) is 5.65 Å². The highest BCUT2D eigenvalue weighted by Gasteiger charge is 2.12. The molecule has 7 heteroatoms. The van der Waals surface area contributed by atoms with Gasteiger partial charge in [0, 0.05) is 0 Å². The summed E-state index contributed by atoms with van der Waals surface area (Å²) in [6.45, 7) is 1.94. The van der Waals surface area contributed by atoms with Crippen molar-refractivity contribution < 1.29 is 4.74 Å². The van der Waals surface area contributed by atoms with E-state index in [2.05, 4.69) is 10.1 Å². The Morgan fingerprint density at radius 1 is 1.35 bits per heavy atom. The molecule has 0 bridgehead atoms. The minimum Gasteiger partial charge on any atom is -0.497 e. The maximum absolute atomic E-state index is 11.9. The predicted octanol–water partition coefficient (Wildman–Crippen LogP) is 0.613. The number of rotatable bonds is 2. The zero-order chi connectivity index (χ0) is 14.3. The zero-order valence-electron chi connectivity index (χ0n) is 11.1. The number of nitrogens with two attached hydrogens (primary N) is 1. The molecule has 0 fully saturated rings. The highest BCUT2D eigenvalue weighted by Crippen LogP contribution is 2.21. The lowest BCUT2D eigenvalue weighted by atomic mass is 10.2. The van der Waals surface area contributed by atoms with Gasteiger partial charge >= 0.3 is 0 Å². The maximum Gasteiger partial charge on any atom is 0.282 e. The predicted molar refractivity (Wildman–Crippen MR) is 74.6 cm³/mol. The van der Waals surface area contributed by atoms with E-state index in [4.69, 9.17) is 10.6 Å². The van der Waals surface area contributed by atoms with Gasteiger partial charge in [0.05, 0.1) is 19.0 Å². The average molecular weight is 271 g/mol. The normalized spacial score (nSPS) is 10.9. The van der Waals surface area contributed by atoms with Gasteiger partial charge < -0.3 is 10.6 Å². The van der Waals surface area contributed by atoms with Crippen LogP contribution in [0, 0.1) is 6.92 Å². The first kappa shape index (κ1) is 12.2. The number of aryl methyl sites for hydroxylation is 1. The van der Waals surface area contributed by atoms with Gasteiger partial charge in [-0.3, -0.25) is 4.79 Å². The molecule has 0 saturated carbocycles. The Morgan fingerprint density at radius 3 is 2.85 bits per heavy atom. The van der Waals surface area contributed by atoms with Crippen molar-refractivity contribution in [2.45, 2.75) is 6.92 Å². The van der Waals surface area contributed by atoms with Crippen LogP contribution in [0.4, 0.5) is 0 Å². The molecule has 0 saturated heterocycles. The summed E-state index contributed by atoms with van der Waals surface area (Å²) in [7, 11) is 1.61. The minimum atomic E-state index is -0.326. The molecule has 20 heavy (non-hydrogen) atoms. The first-order valence-electron chi connectivity index (χ1n) is 5.97. The van der Waals surface area contributed by atoms with Crippen molar-refractivity contribution in [3.63, 3.8) is 0 Å². The van der Waals surface area contributed by atoms with Gasteiger partial charge in [-0.1, -0.05) is 0 Å². The van der Waals surface area contributed by atoms with Crippen LogP contribution in [0.2, 0.25) is 0 Å². The fourth-order valence-corrected chi connectivity index (χ4v) is 2.09. The van der Waals surface area contributed by atoms with Gasteiger partial charge in [-0.25, -0.2) is 14.3 Å². The highest BCUT2D eigenvalue weighted by atomic mass is 16.5. The van der Waals surface area contributed by atoms with Crippen molar-refractivity contribution in [2.75, 3.05) is 13.0 Å². The number of aromatic nitrogens is 4. The number of hydrogen-bond donors (Lipinski definition) is 1. The van der Waals surface area contributed by atoms with Gasteiger partial charge in [0.2, 0.25) is 0 Å². The first-order valence-corrected chi connectivity index (χ1v) is 5.97. The molecule has 0 unspecified atom stereocenters. The van der Waals surface area contributed by atoms with Crippen LogP contribution < -0.4 is 16.1 Å². The number of benzene rings is 1. The van der Waals surface area contributed by atoms with E-state index in [0.717, 1.165) is 21.7 Å². The molecule has 0 spiro atoms. The van der Waals surface area contributed by atoms with Crippen LogP contribution in [0.3, 0.4) is 0 Å². The van der Waals surface area contributed by atoms with Crippen LogP contribution in [-0.2, 0) is 0 Å². The number of nitrogen functional groups attached to an aromatic ring is 1. The van der Waals surface area contributed by atoms with E-state index < -0.39 is 0 Å². The maximum atomic E-state index is 11.9. The van der Waals surface area contributed by atoms with Crippen molar-refractivity contribution in [3.05, 3.63) is 46.6 Å². The van der Waals surface area contributed by atoms with Gasteiger partial charge in [0.25, 0.3) is 5.56 Å². The largest absolute Gasteiger partial charge is 0.497 e. The topological polar surface area (TPSA) is 88.0 Å². The van der Waals surface area contributed by atoms with E-state index in [0.29, 0.717) is 11.0 Å². The van der Waals surface area contributed by atoms with Gasteiger partial charge in [-0.05, 0) is 30.7 Å². The molecule has 2 N–H and O–H groups in total. The summed E-state index contributed by atoms with van der Waals surface area (Å²) >= 11 is 0. The Bertz CT molecular complexity index is 850. The second-order valence-corrected chi connectivity index (χ2v) is 4.40. The van der Waals surface area contributed by atoms with E-state index in [1.165, 1.54) is 12.5 Å². The molecular formula is C13H13N5O2. The van der Waals surface area contributed by atoms with Gasteiger partial charge in [0.1, 0.15) is 17.5 Å². The summed E-state index contributed by atoms with van der Waals surface area (Å²) in [4.78, 5) is 16.1. The number of methoxy groups -OCH3 is 1. The molecule has 3 aromatic rings. The molecule has 102 valence electrons. The van der Waals surface area contributed by atoms with E-state index in [9.17, 15) is 4.79 Å². The third-order valence-corrected chi connectivity index (χ3v) is 3.15. The molecule has 0 radical (unpaired) electrons. The molecule has 0 aliphatic heterocycles. The Morgan fingerprint density at radius 2 is 2.15 bits per heavy atom. The van der Waals surface area contributed by atoms with Crippen LogP contribution in [0.5, 0.6) is 5.75 Å². The summed E-state index contributed by atoms with van der Waals surface area (Å²) in [5.74, 6) is 6.25. The van der Waals surface area contributed by atoms with Crippen molar-refractivity contribution in [1.29, 1.82) is 0 Å².